The minimum Gasteiger partial charge on any atom is -0.480 e. The molecule has 118 heavy (non-hydrogen) atoms. The van der Waals surface area contributed by atoms with Crippen LogP contribution in [-0.2, 0) is 94.4 Å². The molecule has 0 radical (unpaired) electrons. The van der Waals surface area contributed by atoms with Crippen molar-refractivity contribution >= 4 is 76.9 Å². The molecular weight excluding hydrogens is 1530 g/mol. The standard InChI is InChI=1S/C74H124N30O14/c75-22-8-1-15-50(82)63(106)100-57(29-45-34-83-40-89-45)69(112)96-53(18-4-11-25-78)66(109)103-60(32-48-37-86-43-92-48)72(115)98-54(19-5-12-26-79)67(110)102-58(30-46-35-84-41-90-46)70(113)95-51(16-2-9-23-76)64(107)88-39-62(105)94-52(17-3-10-24-77)65(108)101-59(31-47-36-85-42-91-47)71(114)97-55(20-6-13-27-80)68(111)104-61(33-49-38-87-44-93-49)73(116)99-56(74(117)118)21-7-14-28-81/h34-38,40-44,50-61H,1-33,39,75-82H2,(H,83,89)(H,84,90)(H,85,91)(H,86,92)(H,87,93)(H,88,107)(H,94,105)(H,95,113)(H,96,112)(H,97,114)(H,98,115)(H,99,116)(H,100,106)(H,101,108)(H,102,110)(H,103,109)(H,104,111)(H,117,118)/t50-,51-,52-,53-,54-,55-,56-,57-,58-,59-,60-,61-/m0/s1. The van der Waals surface area contributed by atoms with Crippen molar-refractivity contribution < 1.29 is 67.4 Å². The fourth-order valence-corrected chi connectivity index (χ4v) is 12.6. The highest BCUT2D eigenvalue weighted by Crippen LogP contribution is 2.15. The number of unbranched alkanes of at least 4 members (excludes halogenated alkanes) is 7. The SMILES string of the molecule is NCCCC[C@H](NC(=O)[C@H](Cc1cnc[nH]1)NC(=O)[C@H](CCCCN)NC(=O)[C@H](Cc1cnc[nH]1)NC(=O)[C@H](CCCCN)NC(=O)CNC(=O)[C@H](CCCCN)NC(=O)[C@H](Cc1cnc[nH]1)NC(=O)[C@H](CCCCN)NC(=O)[C@H](Cc1cnc[nH]1)NC(=O)[C@H](CCCCN)NC(=O)[C@H](Cc1cnc[nH]1)NC(=O)[C@@H](N)CCCCN)C(=O)O. The Bertz CT molecular complexity index is 3780. The van der Waals surface area contributed by atoms with Crippen LogP contribution in [0.1, 0.15) is 163 Å². The van der Waals surface area contributed by atoms with Crippen LogP contribution < -0.4 is 110 Å². The maximum Gasteiger partial charge on any atom is 0.326 e. The van der Waals surface area contributed by atoms with E-state index >= 15 is 0 Å². The minimum atomic E-state index is -1.49. The molecule has 34 N–H and O–H groups in total. The number of nitrogens with two attached hydrogens (primary N) is 8. The third-order valence-corrected chi connectivity index (χ3v) is 19.3. The number of amides is 12. The zero-order valence-electron chi connectivity index (χ0n) is 66.9. The molecular formula is C74H124N30O14. The van der Waals surface area contributed by atoms with Crippen LogP contribution in [0.4, 0.5) is 0 Å². The summed E-state index contributed by atoms with van der Waals surface area (Å²) in [5, 5.41) is 42.2. The van der Waals surface area contributed by atoms with E-state index < -0.39 is 156 Å². The third-order valence-electron chi connectivity index (χ3n) is 19.3. The normalized spacial score (nSPS) is 14.3. The fraction of sp³-hybridized carbons (Fsp3) is 0.622. The van der Waals surface area contributed by atoms with Crippen molar-refractivity contribution in [2.75, 3.05) is 52.4 Å². The number of aromatic nitrogens is 10. The first-order valence-electron chi connectivity index (χ1n) is 40.3. The van der Waals surface area contributed by atoms with Gasteiger partial charge in [0.05, 0.1) is 44.2 Å². The molecule has 5 heterocycles. The van der Waals surface area contributed by atoms with Gasteiger partial charge in [0.1, 0.15) is 66.5 Å². The molecule has 5 aromatic heterocycles. The Kier molecular flexibility index (Phi) is 45.8. The molecule has 44 nitrogen and oxygen atoms in total. The van der Waals surface area contributed by atoms with E-state index in [1.165, 1.54) is 62.6 Å². The number of nitrogens with one attached hydrogen (secondary N) is 17. The number of carboxylic acids is 1. The van der Waals surface area contributed by atoms with Crippen molar-refractivity contribution in [3.63, 3.8) is 0 Å². The number of rotatable bonds is 63. The van der Waals surface area contributed by atoms with Crippen LogP contribution >= 0.6 is 0 Å². The highest BCUT2D eigenvalue weighted by molar-refractivity contribution is 5.99. The molecule has 0 spiro atoms. The number of nitrogens with zero attached hydrogens (tertiary/aromatic N) is 5. The van der Waals surface area contributed by atoms with Gasteiger partial charge in [0.25, 0.3) is 0 Å². The summed E-state index contributed by atoms with van der Waals surface area (Å²) in [6, 6.07) is -16.2. The van der Waals surface area contributed by atoms with Crippen LogP contribution in [0.25, 0.3) is 0 Å². The number of aliphatic carboxylic acids is 1. The summed E-state index contributed by atoms with van der Waals surface area (Å²) in [6.07, 6.45) is 19.0. The summed E-state index contributed by atoms with van der Waals surface area (Å²) in [7, 11) is 0. The zero-order chi connectivity index (χ0) is 86.0. The lowest BCUT2D eigenvalue weighted by molar-refractivity contribution is -0.142. The lowest BCUT2D eigenvalue weighted by Gasteiger charge is -2.28. The molecule has 5 rings (SSSR count). The molecule has 0 unspecified atom stereocenters. The lowest BCUT2D eigenvalue weighted by atomic mass is 10.0. The van der Waals surface area contributed by atoms with Gasteiger partial charge in [-0.1, -0.05) is 6.42 Å². The van der Waals surface area contributed by atoms with E-state index in [9.17, 15) is 67.4 Å². The van der Waals surface area contributed by atoms with Gasteiger partial charge >= 0.3 is 5.97 Å². The van der Waals surface area contributed by atoms with Crippen molar-refractivity contribution in [2.24, 2.45) is 45.9 Å². The Labute approximate surface area is 684 Å². The first-order chi connectivity index (χ1) is 56.9. The second-order valence-corrected chi connectivity index (χ2v) is 28.8. The van der Waals surface area contributed by atoms with Gasteiger partial charge in [-0.25, -0.2) is 29.7 Å². The number of carbonyl (C=O) groups is 13. The average molecular weight is 1660 g/mol. The smallest absolute Gasteiger partial charge is 0.326 e. The average Bonchev–Trinajstić information content (AvgIpc) is 1.15. The topological polar surface area (TPSA) is 738 Å². The van der Waals surface area contributed by atoms with E-state index in [0.29, 0.717) is 125 Å². The van der Waals surface area contributed by atoms with Crippen LogP contribution in [0.5, 0.6) is 0 Å². The molecule has 0 saturated carbocycles. The zero-order valence-corrected chi connectivity index (χ0v) is 66.9. The van der Waals surface area contributed by atoms with Gasteiger partial charge in [-0.3, -0.25) is 57.5 Å². The van der Waals surface area contributed by atoms with Gasteiger partial charge in [-0.2, -0.15) is 0 Å². The molecule has 44 heteroatoms. The van der Waals surface area contributed by atoms with Gasteiger partial charge in [0, 0.05) is 91.6 Å². The Balaban J connectivity index is 1.35. The number of hydrogen-bond donors (Lipinski definition) is 26. The van der Waals surface area contributed by atoms with Crippen molar-refractivity contribution in [3.8, 4) is 0 Å². The first kappa shape index (κ1) is 97.4. The van der Waals surface area contributed by atoms with E-state index in [0.717, 1.165) is 0 Å². The number of H-pyrrole nitrogens is 5. The Morgan fingerprint density at radius 1 is 0.271 bits per heavy atom. The molecule has 0 saturated heterocycles. The largest absolute Gasteiger partial charge is 0.480 e. The van der Waals surface area contributed by atoms with Gasteiger partial charge in [0.2, 0.25) is 70.9 Å². The van der Waals surface area contributed by atoms with Crippen LogP contribution in [0.2, 0.25) is 0 Å². The van der Waals surface area contributed by atoms with E-state index in [-0.39, 0.29) is 116 Å². The van der Waals surface area contributed by atoms with Crippen LogP contribution in [0.15, 0.2) is 62.6 Å². The van der Waals surface area contributed by atoms with Gasteiger partial charge in [-0.15, -0.1) is 0 Å². The maximum atomic E-state index is 14.9. The minimum absolute atomic E-state index is 0.00234. The molecule has 5 aromatic rings. The van der Waals surface area contributed by atoms with E-state index in [1.54, 1.807) is 0 Å². The van der Waals surface area contributed by atoms with Crippen molar-refractivity contribution in [1.29, 1.82) is 0 Å². The van der Waals surface area contributed by atoms with E-state index in [1.807, 2.05) is 0 Å². The van der Waals surface area contributed by atoms with Gasteiger partial charge in [-0.05, 0) is 174 Å². The van der Waals surface area contributed by atoms with Gasteiger partial charge < -0.3 is 140 Å². The van der Waals surface area contributed by atoms with E-state index in [4.69, 9.17) is 45.9 Å². The van der Waals surface area contributed by atoms with Crippen molar-refractivity contribution in [3.05, 3.63) is 91.1 Å². The Morgan fingerprint density at radius 3 is 0.712 bits per heavy atom. The molecule has 0 bridgehead atoms. The van der Waals surface area contributed by atoms with Crippen LogP contribution in [0.3, 0.4) is 0 Å². The Morgan fingerprint density at radius 2 is 0.475 bits per heavy atom. The predicted molar refractivity (Wildman–Crippen MR) is 432 cm³/mol. The number of hydrogen-bond acceptors (Lipinski definition) is 26. The van der Waals surface area contributed by atoms with E-state index in [2.05, 4.69) is 114 Å². The summed E-state index contributed by atoms with van der Waals surface area (Å²) in [5.74, 6) is -11.2. The number of aromatic amines is 5. The van der Waals surface area contributed by atoms with Crippen molar-refractivity contribution in [2.45, 2.75) is 239 Å². The summed E-state index contributed by atoms with van der Waals surface area (Å²) in [6.45, 7) is 1.02. The van der Waals surface area contributed by atoms with Crippen LogP contribution in [0, 0.1) is 0 Å². The number of imidazole rings is 5. The molecule has 0 fully saturated rings. The highest BCUT2D eigenvalue weighted by atomic mass is 16.4. The molecule has 12 atom stereocenters. The molecule has 0 aliphatic carbocycles. The molecule has 0 aromatic carbocycles. The second kappa shape index (κ2) is 55.5. The number of carbonyl (C=O) groups excluding carboxylic acids is 12. The summed E-state index contributed by atoms with van der Waals surface area (Å²) in [5.41, 5.74) is 48.9. The maximum absolute atomic E-state index is 14.9. The summed E-state index contributed by atoms with van der Waals surface area (Å²) in [4.78, 5) is 220. The Hall–Kier alpha value is -11.2. The summed E-state index contributed by atoms with van der Waals surface area (Å²) >= 11 is 0. The predicted octanol–water partition coefficient (Wildman–Crippen LogP) is -6.42. The first-order valence-corrected chi connectivity index (χ1v) is 40.3. The highest BCUT2D eigenvalue weighted by Gasteiger charge is 2.38. The molecule has 654 valence electrons. The molecule has 12 amide bonds. The summed E-state index contributed by atoms with van der Waals surface area (Å²) < 4.78 is 0. The lowest BCUT2D eigenvalue weighted by Crippen LogP contribution is -2.60. The second-order valence-electron chi connectivity index (χ2n) is 28.8. The fourth-order valence-electron chi connectivity index (χ4n) is 12.6. The number of carboxylic acid groups (broad SMARTS) is 1. The van der Waals surface area contributed by atoms with Crippen molar-refractivity contribution in [1.82, 2.24) is 114 Å². The van der Waals surface area contributed by atoms with Crippen LogP contribution in [-0.4, -0.2) is 257 Å². The quantitative estimate of drug-likeness (QED) is 0.0161. The molecule has 0 aliphatic rings. The monoisotopic (exact) mass is 1660 g/mol. The molecule has 0 aliphatic heterocycles. The third kappa shape index (κ3) is 36.6. The van der Waals surface area contributed by atoms with Gasteiger partial charge in [0.15, 0.2) is 0 Å².